The van der Waals surface area contributed by atoms with Crippen LogP contribution in [0.1, 0.15) is 5.56 Å². The highest BCUT2D eigenvalue weighted by molar-refractivity contribution is 5.81. The lowest BCUT2D eigenvalue weighted by atomic mass is 10.1. The number of nitrogens with zero attached hydrogens (tertiary/aromatic N) is 1. The largest absolute Gasteiger partial charge is 0.248 e. The van der Waals surface area contributed by atoms with Crippen molar-refractivity contribution >= 4 is 10.9 Å². The van der Waals surface area contributed by atoms with E-state index >= 15 is 0 Å². The van der Waals surface area contributed by atoms with Crippen molar-refractivity contribution in [3.8, 4) is 11.3 Å². The number of benzene rings is 2. The number of fused-ring (bicyclic) bond motifs is 1. The molecule has 0 aliphatic heterocycles. The molecule has 0 unspecified atom stereocenters. The second-order valence-corrected chi connectivity index (χ2v) is 4.28. The zero-order valence-corrected chi connectivity index (χ0v) is 9.94. The van der Waals surface area contributed by atoms with Crippen LogP contribution in [-0.4, -0.2) is 4.98 Å². The molecule has 0 saturated heterocycles. The minimum Gasteiger partial charge on any atom is -0.248 e. The van der Waals surface area contributed by atoms with Gasteiger partial charge in [-0.25, -0.2) is 9.37 Å². The first kappa shape index (κ1) is 10.9. The summed E-state index contributed by atoms with van der Waals surface area (Å²) in [5, 5.41) is 1.06. The minimum absolute atomic E-state index is 0.200. The normalized spacial score (nSPS) is 10.8. The average Bonchev–Trinajstić information content (AvgIpc) is 2.41. The van der Waals surface area contributed by atoms with E-state index in [1.54, 1.807) is 13.0 Å². The molecule has 0 aliphatic carbocycles. The van der Waals surface area contributed by atoms with Crippen molar-refractivity contribution in [1.82, 2.24) is 4.98 Å². The van der Waals surface area contributed by atoms with E-state index in [1.807, 2.05) is 36.4 Å². The summed E-state index contributed by atoms with van der Waals surface area (Å²) in [7, 11) is 0. The van der Waals surface area contributed by atoms with Crippen LogP contribution in [0.2, 0.25) is 0 Å². The van der Waals surface area contributed by atoms with Crippen LogP contribution in [0, 0.1) is 18.8 Å². The summed E-state index contributed by atoms with van der Waals surface area (Å²) in [5.74, 6) is -0.200. The first-order valence-electron chi connectivity index (χ1n) is 5.77. The molecule has 87 valence electrons. The fraction of sp³-hybridized carbons (Fsp3) is 0.0625. The Morgan fingerprint density at radius 3 is 2.83 bits per heavy atom. The van der Waals surface area contributed by atoms with E-state index in [1.165, 1.54) is 6.07 Å². The second-order valence-electron chi connectivity index (χ2n) is 4.28. The zero-order valence-electron chi connectivity index (χ0n) is 9.94. The molecular formula is C16H11FN. The van der Waals surface area contributed by atoms with Gasteiger partial charge in [-0.1, -0.05) is 30.3 Å². The summed E-state index contributed by atoms with van der Waals surface area (Å²) in [4.78, 5) is 4.52. The Hall–Kier alpha value is -2.22. The first-order chi connectivity index (χ1) is 8.74. The molecule has 0 saturated carbocycles. The highest BCUT2D eigenvalue weighted by atomic mass is 19.1. The predicted molar refractivity (Wildman–Crippen MR) is 70.7 cm³/mol. The molecule has 0 fully saturated rings. The Labute approximate surface area is 105 Å². The highest BCUT2D eigenvalue weighted by Crippen LogP contribution is 2.22. The van der Waals surface area contributed by atoms with Crippen molar-refractivity contribution in [2.75, 3.05) is 0 Å². The van der Waals surface area contributed by atoms with Gasteiger partial charge in [0.05, 0.1) is 11.2 Å². The van der Waals surface area contributed by atoms with Crippen LogP contribution in [0.5, 0.6) is 0 Å². The van der Waals surface area contributed by atoms with Crippen LogP contribution in [0.15, 0.2) is 48.5 Å². The summed E-state index contributed by atoms with van der Waals surface area (Å²) in [6.07, 6.45) is 0. The number of aromatic nitrogens is 1. The lowest BCUT2D eigenvalue weighted by molar-refractivity contribution is 0.619. The second kappa shape index (κ2) is 4.22. The van der Waals surface area contributed by atoms with Crippen LogP contribution in [-0.2, 0) is 0 Å². The van der Waals surface area contributed by atoms with Crippen molar-refractivity contribution in [1.29, 1.82) is 0 Å². The van der Waals surface area contributed by atoms with Crippen LogP contribution in [0.25, 0.3) is 22.2 Å². The molecular weight excluding hydrogens is 225 g/mol. The van der Waals surface area contributed by atoms with Crippen LogP contribution in [0.4, 0.5) is 4.39 Å². The Morgan fingerprint density at radius 1 is 1.11 bits per heavy atom. The average molecular weight is 236 g/mol. The summed E-state index contributed by atoms with van der Waals surface area (Å²) in [6.45, 7) is 1.75. The minimum atomic E-state index is -0.200. The van der Waals surface area contributed by atoms with Gasteiger partial charge in [0, 0.05) is 10.9 Å². The third-order valence-corrected chi connectivity index (χ3v) is 3.00. The van der Waals surface area contributed by atoms with Crippen LogP contribution in [0.3, 0.4) is 0 Å². The van der Waals surface area contributed by atoms with Gasteiger partial charge in [-0.15, -0.1) is 0 Å². The molecule has 0 spiro atoms. The molecule has 0 aliphatic rings. The number of hydrogen-bond donors (Lipinski definition) is 0. The van der Waals surface area contributed by atoms with Gasteiger partial charge in [-0.2, -0.15) is 0 Å². The Kier molecular flexibility index (Phi) is 2.56. The molecule has 0 atom stereocenters. The van der Waals surface area contributed by atoms with Gasteiger partial charge in [0.2, 0.25) is 0 Å². The Morgan fingerprint density at radius 2 is 2.00 bits per heavy atom. The monoisotopic (exact) mass is 236 g/mol. The molecule has 1 aromatic heterocycles. The van der Waals surface area contributed by atoms with E-state index in [0.717, 1.165) is 22.2 Å². The van der Waals surface area contributed by atoms with Gasteiger partial charge < -0.3 is 0 Å². The molecule has 2 aromatic carbocycles. The summed E-state index contributed by atoms with van der Waals surface area (Å²) in [5.41, 5.74) is 3.09. The molecule has 3 aromatic rings. The fourth-order valence-corrected chi connectivity index (χ4v) is 1.92. The molecule has 1 nitrogen and oxygen atoms in total. The Bertz CT molecular complexity index is 719. The first-order valence-corrected chi connectivity index (χ1v) is 5.77. The van der Waals surface area contributed by atoms with E-state index in [2.05, 4.69) is 11.1 Å². The van der Waals surface area contributed by atoms with E-state index in [-0.39, 0.29) is 5.82 Å². The van der Waals surface area contributed by atoms with Crippen LogP contribution < -0.4 is 0 Å². The summed E-state index contributed by atoms with van der Waals surface area (Å²) < 4.78 is 13.5. The maximum atomic E-state index is 13.5. The quantitative estimate of drug-likeness (QED) is 0.618. The van der Waals surface area contributed by atoms with Gasteiger partial charge in [0.15, 0.2) is 0 Å². The smallest absolute Gasteiger partial charge is 0.126 e. The standard InChI is InChI=1S/C16H11FN/c1-11-6-7-13(10-14(11)17)16-9-8-12-4-2-3-5-15(12)18-16/h2,4-10H,1H3. The van der Waals surface area contributed by atoms with Gasteiger partial charge >= 0.3 is 0 Å². The number of halogens is 1. The third kappa shape index (κ3) is 1.86. The van der Waals surface area contributed by atoms with Gasteiger partial charge in [-0.3, -0.25) is 0 Å². The SMILES string of the molecule is Cc1ccc(-c2ccc3cc[c]cc3n2)cc1F. The van der Waals surface area contributed by atoms with E-state index < -0.39 is 0 Å². The number of hydrogen-bond acceptors (Lipinski definition) is 1. The topological polar surface area (TPSA) is 12.9 Å². The molecule has 1 radical (unpaired) electrons. The van der Waals surface area contributed by atoms with Gasteiger partial charge in [0.1, 0.15) is 5.82 Å². The lowest BCUT2D eigenvalue weighted by Crippen LogP contribution is -1.88. The van der Waals surface area contributed by atoms with Gasteiger partial charge in [-0.05, 0) is 36.8 Å². The predicted octanol–water partition coefficient (Wildman–Crippen LogP) is 4.15. The number of pyridine rings is 1. The molecule has 0 N–H and O–H groups in total. The summed E-state index contributed by atoms with van der Waals surface area (Å²) >= 11 is 0. The molecule has 0 bridgehead atoms. The fourth-order valence-electron chi connectivity index (χ4n) is 1.92. The highest BCUT2D eigenvalue weighted by Gasteiger charge is 2.04. The lowest BCUT2D eigenvalue weighted by Gasteiger charge is -2.04. The zero-order chi connectivity index (χ0) is 12.5. The van der Waals surface area contributed by atoms with Crippen molar-refractivity contribution in [2.24, 2.45) is 0 Å². The maximum absolute atomic E-state index is 13.5. The van der Waals surface area contributed by atoms with E-state index in [4.69, 9.17) is 0 Å². The van der Waals surface area contributed by atoms with Crippen molar-refractivity contribution in [2.45, 2.75) is 6.92 Å². The molecule has 1 heterocycles. The van der Waals surface area contributed by atoms with Crippen molar-refractivity contribution in [3.05, 3.63) is 66.0 Å². The van der Waals surface area contributed by atoms with Crippen LogP contribution >= 0.6 is 0 Å². The van der Waals surface area contributed by atoms with E-state index in [9.17, 15) is 4.39 Å². The third-order valence-electron chi connectivity index (χ3n) is 3.00. The number of rotatable bonds is 1. The Balaban J connectivity index is 2.16. The summed E-state index contributed by atoms with van der Waals surface area (Å²) in [6, 6.07) is 17.7. The van der Waals surface area contributed by atoms with Crippen molar-refractivity contribution < 1.29 is 4.39 Å². The molecule has 2 heteroatoms. The van der Waals surface area contributed by atoms with Gasteiger partial charge in [0.25, 0.3) is 0 Å². The van der Waals surface area contributed by atoms with E-state index in [0.29, 0.717) is 5.56 Å². The molecule has 0 amide bonds. The molecule has 18 heavy (non-hydrogen) atoms. The maximum Gasteiger partial charge on any atom is 0.126 e. The van der Waals surface area contributed by atoms with Crippen molar-refractivity contribution in [3.63, 3.8) is 0 Å². The number of aryl methyl sites for hydroxylation is 1. The molecule has 3 rings (SSSR count).